The Kier molecular flexibility index (Phi) is 81.5. The molecule has 0 spiro atoms. The van der Waals surface area contributed by atoms with Crippen LogP contribution in [0.15, 0.2) is 49.6 Å². The number of phosphoric acid groups is 2. The van der Waals surface area contributed by atoms with Crippen LogP contribution in [-0.2, 0) is 83.9 Å². The molecule has 0 fully saturated rings. The van der Waals surface area contributed by atoms with Crippen LogP contribution in [0.2, 0.25) is 0 Å². The zero-order chi connectivity index (χ0) is 89.4. The Morgan fingerprint density at radius 1 is 0.412 bits per heavy atom. The highest BCUT2D eigenvalue weighted by atomic mass is 31.2. The minimum Gasteiger partial charge on any atom is -0.481 e. The third kappa shape index (κ3) is 86.8. The van der Waals surface area contributed by atoms with Crippen molar-refractivity contribution in [2.75, 3.05) is 79.2 Å². The molecule has 0 heterocycles. The van der Waals surface area contributed by atoms with Crippen molar-refractivity contribution in [3.8, 4) is 0 Å². The van der Waals surface area contributed by atoms with Gasteiger partial charge in [-0.25, -0.2) is 18.7 Å². The van der Waals surface area contributed by atoms with E-state index in [1.165, 1.54) is 147 Å². The smallest absolute Gasteiger partial charge is 0.475 e. The summed E-state index contributed by atoms with van der Waals surface area (Å²) in [4.78, 5) is 73.1. The number of phosphoric ester groups is 2. The summed E-state index contributed by atoms with van der Waals surface area (Å²) in [5.41, 5.74) is 4.74. The number of hydrogen-bond acceptors (Lipinski definition) is 21. The Hall–Kier alpha value is -4.52. The number of carbonyl (C=O) groups excluding carboxylic acids is 5. The number of carboxylic acids is 1. The second kappa shape index (κ2) is 81.8. The van der Waals surface area contributed by atoms with Crippen LogP contribution in [0, 0.1) is 11.8 Å². The van der Waals surface area contributed by atoms with E-state index in [1.54, 1.807) is 41.5 Å². The number of nitrogens with one attached hydrogen (secondary N) is 3. The van der Waals surface area contributed by atoms with Gasteiger partial charge in [-0.1, -0.05) is 259 Å². The van der Waals surface area contributed by atoms with E-state index in [9.17, 15) is 37.9 Å². The van der Waals surface area contributed by atoms with Gasteiger partial charge in [0.25, 0.3) is 0 Å². The molecular formula is C92H176N4O21P2. The summed E-state index contributed by atoms with van der Waals surface area (Å²) in [5.74, 6) is -0.679. The summed E-state index contributed by atoms with van der Waals surface area (Å²) in [5, 5.41) is 17.0. The van der Waals surface area contributed by atoms with Gasteiger partial charge in [0.1, 0.15) is 23.4 Å². The van der Waals surface area contributed by atoms with E-state index in [0.717, 1.165) is 103 Å². The van der Waals surface area contributed by atoms with Crippen LogP contribution in [0.5, 0.6) is 0 Å². The van der Waals surface area contributed by atoms with Crippen molar-refractivity contribution in [1.29, 1.82) is 0 Å². The Morgan fingerprint density at radius 2 is 0.756 bits per heavy atom. The van der Waals surface area contributed by atoms with Crippen molar-refractivity contribution >= 4 is 51.6 Å². The molecule has 0 rings (SSSR count). The molecule has 27 heteroatoms. The molecule has 0 bridgehead atoms. The lowest BCUT2D eigenvalue weighted by Gasteiger charge is -2.24. The maximum atomic E-state index is 13.6. The normalized spacial score (nSPS) is 14.2. The van der Waals surface area contributed by atoms with Crippen molar-refractivity contribution < 1.29 is 98.6 Å². The predicted octanol–water partition coefficient (Wildman–Crippen LogP) is 24.1. The molecular weight excluding hydrogens is 1560 g/mol. The number of aliphatic carboxylic acids is 1. The van der Waals surface area contributed by atoms with Gasteiger partial charge in [0, 0.05) is 39.1 Å². The maximum absolute atomic E-state index is 13.6. The highest BCUT2D eigenvalue weighted by Crippen LogP contribution is 2.50. The van der Waals surface area contributed by atoms with Crippen LogP contribution in [0.25, 0.3) is 0 Å². The van der Waals surface area contributed by atoms with Crippen LogP contribution in [-0.4, -0.2) is 156 Å². The summed E-state index contributed by atoms with van der Waals surface area (Å²) in [6, 6.07) is -1.18. The van der Waals surface area contributed by atoms with E-state index in [0.29, 0.717) is 57.2 Å². The van der Waals surface area contributed by atoms with Crippen LogP contribution in [0.3, 0.4) is 0 Å². The van der Waals surface area contributed by atoms with E-state index in [-0.39, 0.29) is 96.6 Å². The molecule has 0 saturated carbocycles. The molecule has 0 aromatic heterocycles. The van der Waals surface area contributed by atoms with Crippen LogP contribution in [0.1, 0.15) is 379 Å². The third-order valence-electron chi connectivity index (χ3n) is 18.7. The van der Waals surface area contributed by atoms with Crippen molar-refractivity contribution in [2.24, 2.45) is 17.6 Å². The van der Waals surface area contributed by atoms with Crippen LogP contribution in [0.4, 0.5) is 9.59 Å². The number of carbonyl (C=O) groups is 6. The fourth-order valence-electron chi connectivity index (χ4n) is 11.9. The molecule has 0 saturated heterocycles. The van der Waals surface area contributed by atoms with Crippen molar-refractivity contribution in [1.82, 2.24) is 16.0 Å². The van der Waals surface area contributed by atoms with E-state index >= 15 is 0 Å². The first-order valence-electron chi connectivity index (χ1n) is 46.2. The van der Waals surface area contributed by atoms with Gasteiger partial charge in [0.2, 0.25) is 5.91 Å². The largest absolute Gasteiger partial charge is 0.481 e. The van der Waals surface area contributed by atoms with Gasteiger partial charge in [0.15, 0.2) is 0 Å². The number of esters is 2. The number of nitrogens with two attached hydrogens (primary N) is 1. The van der Waals surface area contributed by atoms with Gasteiger partial charge in [-0.15, -0.1) is 13.2 Å². The average Bonchev–Trinajstić information content (AvgIpc) is 0.889. The molecule has 0 aromatic rings. The van der Waals surface area contributed by atoms with Gasteiger partial charge < -0.3 is 55.2 Å². The van der Waals surface area contributed by atoms with Gasteiger partial charge in [-0.2, -0.15) is 0 Å². The monoisotopic (exact) mass is 1740 g/mol. The first-order valence-corrected chi connectivity index (χ1v) is 49.1. The maximum Gasteiger partial charge on any atom is 0.475 e. The van der Waals surface area contributed by atoms with Crippen LogP contribution < -0.4 is 21.7 Å². The first-order chi connectivity index (χ1) is 56.9. The molecule has 8 atom stereocenters. The Balaban J connectivity index is -0.00000188. The lowest BCUT2D eigenvalue weighted by Crippen LogP contribution is -2.43. The molecule has 4 unspecified atom stereocenters. The topological polar surface area (TPSA) is 330 Å². The van der Waals surface area contributed by atoms with E-state index < -0.39 is 69.3 Å². The summed E-state index contributed by atoms with van der Waals surface area (Å²) < 4.78 is 92.3. The molecule has 0 aliphatic heterocycles. The summed E-state index contributed by atoms with van der Waals surface area (Å²) in [6.45, 7) is 36.2. The van der Waals surface area contributed by atoms with Crippen molar-refractivity contribution in [3.05, 3.63) is 49.6 Å². The second-order valence-electron chi connectivity index (χ2n) is 33.4. The van der Waals surface area contributed by atoms with Gasteiger partial charge in [-0.3, -0.25) is 46.3 Å². The molecule has 6 N–H and O–H groups in total. The number of ether oxygens (including phenoxy) is 6. The third-order valence-corrected chi connectivity index (χ3v) is 21.6. The Labute approximate surface area is 723 Å². The van der Waals surface area contributed by atoms with Gasteiger partial charge in [-0.05, 0) is 143 Å². The van der Waals surface area contributed by atoms with E-state index in [4.69, 9.17) is 66.4 Å². The highest BCUT2D eigenvalue weighted by molar-refractivity contribution is 7.48. The van der Waals surface area contributed by atoms with Crippen LogP contribution >= 0.6 is 15.6 Å². The first kappa shape index (κ1) is 119. The number of rotatable bonds is 79. The number of carboxylic acid groups (broad SMARTS) is 1. The van der Waals surface area contributed by atoms with Crippen molar-refractivity contribution in [2.45, 2.75) is 415 Å². The second-order valence-corrected chi connectivity index (χ2v) is 36.7. The number of alkyl carbamates (subject to hydrolysis) is 2. The fourth-order valence-corrected chi connectivity index (χ4v) is 14.3. The number of amides is 3. The molecule has 0 aliphatic rings. The standard InChI is InChI=1S/C46H87N2O10P.C24H49N2O7P.C22H40O4/c1-9-13-16-19-20-21-22-25-28-31-44(50)57-42(30-27-24-18-15-11-3)37-43(49)48-41(38-53-35-32-40(5)29-26-23-17-14-10-2)39-56-59(52,54-34-12-4)55-36-33-47-45(51)58-46(6,7)8;1-7-9-10-11-12-13-21(3)14-17-29-19-22(25)20-32-34(28,30-16-8-2)31-18-15-26-23(27)33-24(4,5)6;1-3-5-7-9-10-11-12-14-16-18-22(25)26-20(19-21(23)24)17-15-13-8-6-4-2/h12,21-22,40-42H,4,9-11,13-20,23-39H2,1-3,5-8H3,(H,47,51)(H,48,49);8,21-22H,2,7,9-20,25H2,1,3-6H3,(H,26,27);11-12,20H,3-10,13-19H2,1-2H3,(H,23,24)/b22-21-;;12-11-/t40-,41?,42-,59?;21-,22?,34?;20-/m111/s1. The van der Waals surface area contributed by atoms with Gasteiger partial charge >= 0.3 is 45.7 Å². The SMILES string of the molecule is C=CCOP(=O)(OCCNC(=O)OC(C)(C)C)OCC(COCC[C@H](C)CCCCCCC)NC(=O)C[C@@H](CCCCCCC)OC(=O)CCC/C=C\CCCCCC.C=CCOP(=O)(OCCNC(=O)OC(C)(C)C)OCC(N)COCC[C@H](C)CCCCCCC.CCCCCC/C=C\CCCC(=O)O[C@H](CCCCCCC)CC(=O)O. The average molecular weight is 1740 g/mol. The minimum absolute atomic E-state index is 0.00580. The fraction of sp³-hybridized carbons (Fsp3) is 0.848. The van der Waals surface area contributed by atoms with Gasteiger partial charge in [0.05, 0.1) is 77.8 Å². The minimum atomic E-state index is -4.15. The zero-order valence-electron chi connectivity index (χ0n) is 77.5. The number of allylic oxidation sites excluding steroid dienone is 4. The molecule has 25 nitrogen and oxygen atoms in total. The summed E-state index contributed by atoms with van der Waals surface area (Å²) in [6.07, 6.45) is 54.0. The molecule has 700 valence electrons. The van der Waals surface area contributed by atoms with E-state index in [1.807, 2.05) is 0 Å². The predicted molar refractivity (Wildman–Crippen MR) is 483 cm³/mol. The Bertz CT molecular complexity index is 2620. The molecule has 3 amide bonds. The number of unbranched alkanes of at least 4 members (excludes halogenated alkanes) is 26. The lowest BCUT2D eigenvalue weighted by atomic mass is 9.99. The molecule has 0 radical (unpaired) electrons. The number of hydrogen-bond donors (Lipinski definition) is 5. The molecule has 119 heavy (non-hydrogen) atoms. The quantitative estimate of drug-likeness (QED) is 0.0124. The summed E-state index contributed by atoms with van der Waals surface area (Å²) >= 11 is 0. The van der Waals surface area contributed by atoms with E-state index in [2.05, 4.69) is 109 Å². The highest BCUT2D eigenvalue weighted by Gasteiger charge is 2.31. The Morgan fingerprint density at radius 3 is 1.13 bits per heavy atom. The lowest BCUT2D eigenvalue weighted by molar-refractivity contribution is -0.154. The molecule has 0 aliphatic carbocycles. The van der Waals surface area contributed by atoms with Crippen molar-refractivity contribution in [3.63, 3.8) is 0 Å². The summed E-state index contributed by atoms with van der Waals surface area (Å²) in [7, 11) is -8.02. The zero-order valence-corrected chi connectivity index (χ0v) is 79.3. The molecule has 0 aromatic carbocycles.